The molecule has 2 N–H and O–H groups in total. The van der Waals surface area contributed by atoms with Crippen LogP contribution in [-0.4, -0.2) is 42.2 Å². The fourth-order valence-corrected chi connectivity index (χ4v) is 2.85. The molecule has 106 valence electrons. The number of piperazine rings is 1. The van der Waals surface area contributed by atoms with Crippen LogP contribution in [0.2, 0.25) is 0 Å². The summed E-state index contributed by atoms with van der Waals surface area (Å²) in [5.41, 5.74) is 4.82. The first-order chi connectivity index (χ1) is 9.00. The molecule has 1 saturated heterocycles. The predicted molar refractivity (Wildman–Crippen MR) is 79.5 cm³/mol. The van der Waals surface area contributed by atoms with Gasteiger partial charge in [-0.15, -0.1) is 0 Å². The number of hydrogen-bond acceptors (Lipinski definition) is 3. The summed E-state index contributed by atoms with van der Waals surface area (Å²) in [6.07, 6.45) is -0.405. The topological polar surface area (TPSA) is 35.5 Å². The lowest BCUT2D eigenvalue weighted by Gasteiger charge is -2.36. The Bertz CT molecular complexity index is 439. The predicted octanol–water partition coefficient (Wildman–Crippen LogP) is 1.94. The first kappa shape index (κ1) is 14.5. The molecule has 2 atom stereocenters. The van der Waals surface area contributed by atoms with Gasteiger partial charge in [0.05, 0.1) is 6.10 Å². The normalized spacial score (nSPS) is 20.3. The molecule has 0 aromatic heterocycles. The summed E-state index contributed by atoms with van der Waals surface area (Å²) in [6.45, 7) is 12.5. The number of nitrogens with zero attached hydrogens (tertiary/aromatic N) is 1. The van der Waals surface area contributed by atoms with Crippen molar-refractivity contribution in [3.05, 3.63) is 34.4 Å². The second kappa shape index (κ2) is 6.04. The van der Waals surface area contributed by atoms with Crippen LogP contribution in [0.25, 0.3) is 0 Å². The third-order valence-corrected chi connectivity index (χ3v) is 4.39. The van der Waals surface area contributed by atoms with Gasteiger partial charge in [0.25, 0.3) is 0 Å². The average Bonchev–Trinajstić information content (AvgIpc) is 2.42. The van der Waals surface area contributed by atoms with Gasteiger partial charge in [0.2, 0.25) is 0 Å². The van der Waals surface area contributed by atoms with Crippen molar-refractivity contribution in [2.24, 2.45) is 0 Å². The van der Waals surface area contributed by atoms with E-state index in [-0.39, 0.29) is 6.04 Å². The highest BCUT2D eigenvalue weighted by Gasteiger charge is 2.25. The number of nitrogens with one attached hydrogen (secondary N) is 1. The molecule has 19 heavy (non-hydrogen) atoms. The van der Waals surface area contributed by atoms with E-state index in [0.29, 0.717) is 0 Å². The van der Waals surface area contributed by atoms with Gasteiger partial charge in [-0.1, -0.05) is 12.1 Å². The second-order valence-electron chi connectivity index (χ2n) is 5.76. The molecule has 1 fully saturated rings. The summed E-state index contributed by atoms with van der Waals surface area (Å²) in [7, 11) is 0. The van der Waals surface area contributed by atoms with Crippen LogP contribution in [0.5, 0.6) is 0 Å². The molecule has 1 aliphatic heterocycles. The van der Waals surface area contributed by atoms with Gasteiger partial charge >= 0.3 is 0 Å². The lowest BCUT2D eigenvalue weighted by atomic mass is 9.93. The second-order valence-corrected chi connectivity index (χ2v) is 5.76. The number of hydrogen-bond donors (Lipinski definition) is 2. The standard InChI is InChI=1S/C16H26N2O/c1-11-9-13(3)15(10-12(11)2)16(19)14(4)18-7-5-17-6-8-18/h9-10,14,16-17,19H,5-8H2,1-4H3. The highest BCUT2D eigenvalue weighted by atomic mass is 16.3. The van der Waals surface area contributed by atoms with E-state index in [4.69, 9.17) is 0 Å². The van der Waals surface area contributed by atoms with Crippen LogP contribution in [0.15, 0.2) is 12.1 Å². The van der Waals surface area contributed by atoms with Crippen LogP contribution in [0, 0.1) is 20.8 Å². The van der Waals surface area contributed by atoms with E-state index in [1.165, 1.54) is 16.7 Å². The SMILES string of the molecule is Cc1cc(C)c(C(O)C(C)N2CCNCC2)cc1C. The average molecular weight is 262 g/mol. The maximum Gasteiger partial charge on any atom is 0.0945 e. The largest absolute Gasteiger partial charge is 0.387 e. The molecule has 0 spiro atoms. The fraction of sp³-hybridized carbons (Fsp3) is 0.625. The van der Waals surface area contributed by atoms with Crippen molar-refractivity contribution < 1.29 is 5.11 Å². The molecular formula is C16H26N2O. The third kappa shape index (κ3) is 3.16. The van der Waals surface area contributed by atoms with Crippen LogP contribution in [0.4, 0.5) is 0 Å². The van der Waals surface area contributed by atoms with Gasteiger partial charge in [-0.05, 0) is 49.9 Å². The van der Waals surface area contributed by atoms with Gasteiger partial charge in [-0.2, -0.15) is 0 Å². The minimum absolute atomic E-state index is 0.169. The highest BCUT2D eigenvalue weighted by molar-refractivity contribution is 5.38. The monoisotopic (exact) mass is 262 g/mol. The zero-order valence-electron chi connectivity index (χ0n) is 12.5. The molecule has 0 radical (unpaired) electrons. The Morgan fingerprint density at radius 2 is 1.63 bits per heavy atom. The van der Waals surface area contributed by atoms with Crippen LogP contribution < -0.4 is 5.32 Å². The quantitative estimate of drug-likeness (QED) is 0.874. The Hall–Kier alpha value is -0.900. The van der Waals surface area contributed by atoms with Crippen molar-refractivity contribution in [2.75, 3.05) is 26.2 Å². The molecule has 0 saturated carbocycles. The Labute approximate surface area is 116 Å². The molecule has 0 bridgehead atoms. The number of aliphatic hydroxyl groups excluding tert-OH is 1. The Kier molecular flexibility index (Phi) is 4.61. The zero-order valence-corrected chi connectivity index (χ0v) is 12.5. The van der Waals surface area contributed by atoms with Crippen molar-refractivity contribution in [3.63, 3.8) is 0 Å². The van der Waals surface area contributed by atoms with E-state index >= 15 is 0 Å². The highest BCUT2D eigenvalue weighted by Crippen LogP contribution is 2.26. The van der Waals surface area contributed by atoms with E-state index in [0.717, 1.165) is 31.7 Å². The zero-order chi connectivity index (χ0) is 14.0. The van der Waals surface area contributed by atoms with Gasteiger partial charge in [-0.3, -0.25) is 4.90 Å². The van der Waals surface area contributed by atoms with Crippen molar-refractivity contribution in [1.82, 2.24) is 10.2 Å². The van der Waals surface area contributed by atoms with Crippen LogP contribution >= 0.6 is 0 Å². The molecule has 1 aromatic carbocycles. The number of benzene rings is 1. The van der Waals surface area contributed by atoms with Gasteiger partial charge in [0.1, 0.15) is 0 Å². The van der Waals surface area contributed by atoms with E-state index in [1.54, 1.807) is 0 Å². The molecule has 2 rings (SSSR count). The molecule has 1 aliphatic rings. The first-order valence-electron chi connectivity index (χ1n) is 7.21. The number of rotatable bonds is 3. The summed E-state index contributed by atoms with van der Waals surface area (Å²) in [5, 5.41) is 14.0. The molecule has 2 unspecified atom stereocenters. The van der Waals surface area contributed by atoms with E-state index < -0.39 is 6.10 Å². The fourth-order valence-electron chi connectivity index (χ4n) is 2.85. The minimum atomic E-state index is -0.405. The molecule has 0 amide bonds. The molecular weight excluding hydrogens is 236 g/mol. The van der Waals surface area contributed by atoms with Gasteiger partial charge in [-0.25, -0.2) is 0 Å². The third-order valence-electron chi connectivity index (χ3n) is 4.39. The van der Waals surface area contributed by atoms with Gasteiger partial charge in [0, 0.05) is 32.2 Å². The van der Waals surface area contributed by atoms with Crippen LogP contribution in [-0.2, 0) is 0 Å². The summed E-state index contributed by atoms with van der Waals surface area (Å²) in [6, 6.07) is 4.50. The van der Waals surface area contributed by atoms with E-state index in [2.05, 4.69) is 50.0 Å². The first-order valence-corrected chi connectivity index (χ1v) is 7.21. The smallest absolute Gasteiger partial charge is 0.0945 e. The van der Waals surface area contributed by atoms with Gasteiger partial charge in [0.15, 0.2) is 0 Å². The summed E-state index contributed by atoms with van der Waals surface area (Å²) >= 11 is 0. The Morgan fingerprint density at radius 3 is 2.26 bits per heavy atom. The lowest BCUT2D eigenvalue weighted by molar-refractivity contribution is 0.0506. The van der Waals surface area contributed by atoms with Gasteiger partial charge < -0.3 is 10.4 Å². The molecule has 3 heteroatoms. The van der Waals surface area contributed by atoms with Crippen molar-refractivity contribution >= 4 is 0 Å². The molecule has 0 aliphatic carbocycles. The minimum Gasteiger partial charge on any atom is -0.387 e. The van der Waals surface area contributed by atoms with E-state index in [1.807, 2.05) is 0 Å². The van der Waals surface area contributed by atoms with Crippen molar-refractivity contribution in [2.45, 2.75) is 39.8 Å². The Balaban J connectivity index is 2.18. The Morgan fingerprint density at radius 1 is 1.05 bits per heavy atom. The summed E-state index contributed by atoms with van der Waals surface area (Å²) < 4.78 is 0. The maximum absolute atomic E-state index is 10.7. The van der Waals surface area contributed by atoms with Crippen LogP contribution in [0.1, 0.15) is 35.3 Å². The lowest BCUT2D eigenvalue weighted by Crippen LogP contribution is -2.49. The van der Waals surface area contributed by atoms with Crippen LogP contribution in [0.3, 0.4) is 0 Å². The molecule has 3 nitrogen and oxygen atoms in total. The van der Waals surface area contributed by atoms with E-state index in [9.17, 15) is 5.11 Å². The van der Waals surface area contributed by atoms with Crippen molar-refractivity contribution in [1.29, 1.82) is 0 Å². The number of aliphatic hydroxyl groups is 1. The van der Waals surface area contributed by atoms with Crippen molar-refractivity contribution in [3.8, 4) is 0 Å². The number of aryl methyl sites for hydroxylation is 3. The summed E-state index contributed by atoms with van der Waals surface area (Å²) in [5.74, 6) is 0. The summed E-state index contributed by atoms with van der Waals surface area (Å²) in [4.78, 5) is 2.37. The molecule has 1 heterocycles. The maximum atomic E-state index is 10.7. The molecule has 1 aromatic rings.